The number of hydrogen-bond donors (Lipinski definition) is 0. The summed E-state index contributed by atoms with van der Waals surface area (Å²) in [5, 5.41) is 0. The Hall–Kier alpha value is -1.97. The molecule has 1 aromatic rings. The van der Waals surface area contributed by atoms with Crippen LogP contribution in [0.25, 0.3) is 5.57 Å². The number of carbonyl (C=O) groups excluding carboxylic acids is 1. The maximum absolute atomic E-state index is 11.6. The molecule has 23 heavy (non-hydrogen) atoms. The van der Waals surface area contributed by atoms with Crippen LogP contribution in [-0.4, -0.2) is 31.8 Å². The van der Waals surface area contributed by atoms with E-state index >= 15 is 0 Å². The number of allylic oxidation sites excluding steroid dienone is 1. The molecule has 126 valence electrons. The second-order valence-electron chi connectivity index (χ2n) is 6.42. The predicted molar refractivity (Wildman–Crippen MR) is 93.9 cm³/mol. The molecule has 0 bridgehead atoms. The number of carbonyl (C=O) groups is 1. The topological polar surface area (TPSA) is 38.8 Å². The minimum atomic E-state index is -0.125. The normalized spacial score (nSPS) is 15.7. The van der Waals surface area contributed by atoms with Gasteiger partial charge in [-0.25, -0.2) is 0 Å². The van der Waals surface area contributed by atoms with Gasteiger partial charge in [-0.15, -0.1) is 0 Å². The molecule has 0 aromatic heterocycles. The van der Waals surface area contributed by atoms with Crippen LogP contribution >= 0.6 is 0 Å². The molecule has 4 heteroatoms. The fourth-order valence-electron chi connectivity index (χ4n) is 3.21. The van der Waals surface area contributed by atoms with Crippen LogP contribution in [0.2, 0.25) is 0 Å². The number of anilines is 1. The summed E-state index contributed by atoms with van der Waals surface area (Å²) in [7, 11) is 1.68. The van der Waals surface area contributed by atoms with Crippen LogP contribution in [0, 0.1) is 0 Å². The first-order valence-electron chi connectivity index (χ1n) is 8.20. The fourth-order valence-corrected chi connectivity index (χ4v) is 3.21. The minimum absolute atomic E-state index is 0.0991. The van der Waals surface area contributed by atoms with Crippen molar-refractivity contribution in [2.24, 2.45) is 0 Å². The summed E-state index contributed by atoms with van der Waals surface area (Å²) in [6.07, 6.45) is 3.50. The van der Waals surface area contributed by atoms with Crippen LogP contribution in [0.1, 0.15) is 46.1 Å². The third-order valence-electron chi connectivity index (χ3n) is 4.25. The van der Waals surface area contributed by atoms with E-state index in [-0.39, 0.29) is 11.5 Å². The number of ether oxygens (including phenoxy) is 2. The molecule has 0 unspecified atom stereocenters. The highest BCUT2D eigenvalue weighted by molar-refractivity contribution is 5.82. The van der Waals surface area contributed by atoms with Crippen LogP contribution in [-0.2, 0) is 9.53 Å². The van der Waals surface area contributed by atoms with Gasteiger partial charge in [0, 0.05) is 30.3 Å². The summed E-state index contributed by atoms with van der Waals surface area (Å²) in [6.45, 7) is 9.61. The SMILES string of the molecule is CCOC(=O)CCCN1c2cc(OC)ccc2C(C)=CC1(C)C. The first kappa shape index (κ1) is 17.4. The second kappa shape index (κ2) is 7.07. The molecule has 0 saturated heterocycles. The Balaban J connectivity index is 2.22. The van der Waals surface area contributed by atoms with Gasteiger partial charge in [-0.1, -0.05) is 6.08 Å². The molecule has 0 atom stereocenters. The van der Waals surface area contributed by atoms with Crippen molar-refractivity contribution in [2.45, 2.75) is 46.1 Å². The summed E-state index contributed by atoms with van der Waals surface area (Å²) in [5.74, 6) is 0.726. The molecule has 1 aromatic carbocycles. The van der Waals surface area contributed by atoms with Crippen LogP contribution in [0.5, 0.6) is 5.75 Å². The Morgan fingerprint density at radius 2 is 2.04 bits per heavy atom. The molecular weight excluding hydrogens is 290 g/mol. The molecule has 0 spiro atoms. The molecule has 2 rings (SSSR count). The number of methoxy groups -OCH3 is 1. The summed E-state index contributed by atoms with van der Waals surface area (Å²) < 4.78 is 10.4. The van der Waals surface area contributed by atoms with Crippen LogP contribution < -0.4 is 9.64 Å². The fraction of sp³-hybridized carbons (Fsp3) is 0.526. The van der Waals surface area contributed by atoms with E-state index in [9.17, 15) is 4.79 Å². The average Bonchev–Trinajstić information content (AvgIpc) is 2.49. The quantitative estimate of drug-likeness (QED) is 0.742. The third-order valence-corrected chi connectivity index (χ3v) is 4.25. The number of nitrogens with zero attached hydrogens (tertiary/aromatic N) is 1. The Bertz CT molecular complexity index is 605. The molecule has 0 amide bonds. The Labute approximate surface area is 139 Å². The lowest BCUT2D eigenvalue weighted by Gasteiger charge is -2.43. The number of hydrogen-bond acceptors (Lipinski definition) is 4. The molecular formula is C19H27NO3. The van der Waals surface area contributed by atoms with Crippen molar-refractivity contribution in [3.8, 4) is 5.75 Å². The monoisotopic (exact) mass is 317 g/mol. The van der Waals surface area contributed by atoms with E-state index in [4.69, 9.17) is 9.47 Å². The van der Waals surface area contributed by atoms with E-state index in [0.717, 1.165) is 18.7 Å². The van der Waals surface area contributed by atoms with Gasteiger partial charge in [0.15, 0.2) is 0 Å². The van der Waals surface area contributed by atoms with Gasteiger partial charge in [0.05, 0.1) is 19.3 Å². The summed E-state index contributed by atoms with van der Waals surface area (Å²) in [6, 6.07) is 6.18. The predicted octanol–water partition coefficient (Wildman–Crippen LogP) is 4.04. The molecule has 0 aliphatic carbocycles. The number of rotatable bonds is 6. The molecule has 1 aliphatic heterocycles. The molecule has 1 heterocycles. The minimum Gasteiger partial charge on any atom is -0.497 e. The summed E-state index contributed by atoms with van der Waals surface area (Å²) in [4.78, 5) is 13.9. The maximum atomic E-state index is 11.6. The molecule has 4 nitrogen and oxygen atoms in total. The maximum Gasteiger partial charge on any atom is 0.305 e. The van der Waals surface area contributed by atoms with Crippen LogP contribution in [0.15, 0.2) is 24.3 Å². The van der Waals surface area contributed by atoms with E-state index in [1.807, 2.05) is 13.0 Å². The zero-order valence-electron chi connectivity index (χ0n) is 14.8. The lowest BCUT2D eigenvalue weighted by atomic mass is 9.88. The Morgan fingerprint density at radius 1 is 1.30 bits per heavy atom. The Morgan fingerprint density at radius 3 is 2.70 bits per heavy atom. The van der Waals surface area contributed by atoms with Gasteiger partial charge in [0.1, 0.15) is 5.75 Å². The van der Waals surface area contributed by atoms with Crippen molar-refractivity contribution < 1.29 is 14.3 Å². The standard InChI is InChI=1S/C19H27NO3/c1-6-23-18(21)8-7-11-20-17-12-15(22-5)9-10-16(17)14(2)13-19(20,3)4/h9-10,12-13H,6-8,11H2,1-5H3. The largest absolute Gasteiger partial charge is 0.497 e. The van der Waals surface area contributed by atoms with E-state index < -0.39 is 0 Å². The van der Waals surface area contributed by atoms with Gasteiger partial charge >= 0.3 is 5.97 Å². The average molecular weight is 317 g/mol. The van der Waals surface area contributed by atoms with Crippen molar-refractivity contribution in [1.82, 2.24) is 0 Å². The van der Waals surface area contributed by atoms with Crippen molar-refractivity contribution in [3.63, 3.8) is 0 Å². The van der Waals surface area contributed by atoms with E-state index in [1.54, 1.807) is 7.11 Å². The van der Waals surface area contributed by atoms with Crippen molar-refractivity contribution in [1.29, 1.82) is 0 Å². The molecule has 1 aliphatic rings. The highest BCUT2D eigenvalue weighted by atomic mass is 16.5. The Kier molecular flexibility index (Phi) is 5.34. The third kappa shape index (κ3) is 3.87. The highest BCUT2D eigenvalue weighted by Gasteiger charge is 2.31. The van der Waals surface area contributed by atoms with Crippen molar-refractivity contribution in [2.75, 3.05) is 25.2 Å². The summed E-state index contributed by atoms with van der Waals surface area (Å²) in [5.41, 5.74) is 3.56. The van der Waals surface area contributed by atoms with E-state index in [2.05, 4.69) is 43.9 Å². The zero-order chi connectivity index (χ0) is 17.0. The number of fused-ring (bicyclic) bond motifs is 1. The first-order chi connectivity index (χ1) is 10.9. The van der Waals surface area contributed by atoms with Gasteiger partial charge in [0.2, 0.25) is 0 Å². The number of esters is 1. The van der Waals surface area contributed by atoms with Gasteiger partial charge in [0.25, 0.3) is 0 Å². The van der Waals surface area contributed by atoms with Gasteiger partial charge in [-0.3, -0.25) is 4.79 Å². The van der Waals surface area contributed by atoms with Crippen LogP contribution in [0.4, 0.5) is 5.69 Å². The molecule has 0 fully saturated rings. The van der Waals surface area contributed by atoms with Crippen LogP contribution in [0.3, 0.4) is 0 Å². The highest BCUT2D eigenvalue weighted by Crippen LogP contribution is 2.40. The van der Waals surface area contributed by atoms with Crippen molar-refractivity contribution >= 4 is 17.2 Å². The van der Waals surface area contributed by atoms with E-state index in [0.29, 0.717) is 13.0 Å². The lowest BCUT2D eigenvalue weighted by molar-refractivity contribution is -0.143. The first-order valence-corrected chi connectivity index (χ1v) is 8.20. The zero-order valence-corrected chi connectivity index (χ0v) is 14.8. The lowest BCUT2D eigenvalue weighted by Crippen LogP contribution is -2.45. The van der Waals surface area contributed by atoms with Gasteiger partial charge < -0.3 is 14.4 Å². The number of benzene rings is 1. The molecule has 0 saturated carbocycles. The van der Waals surface area contributed by atoms with Crippen molar-refractivity contribution in [3.05, 3.63) is 29.8 Å². The summed E-state index contributed by atoms with van der Waals surface area (Å²) >= 11 is 0. The van der Waals surface area contributed by atoms with Gasteiger partial charge in [-0.05, 0) is 51.8 Å². The smallest absolute Gasteiger partial charge is 0.305 e. The van der Waals surface area contributed by atoms with E-state index in [1.165, 1.54) is 16.8 Å². The second-order valence-corrected chi connectivity index (χ2v) is 6.42. The van der Waals surface area contributed by atoms with Gasteiger partial charge in [-0.2, -0.15) is 0 Å². The molecule has 0 radical (unpaired) electrons. The molecule has 0 N–H and O–H groups in total.